The molecule has 2 amide bonds. The lowest BCUT2D eigenvalue weighted by Gasteiger charge is -2.27. The summed E-state index contributed by atoms with van der Waals surface area (Å²) in [6.45, 7) is 10.6. The van der Waals surface area contributed by atoms with Crippen LogP contribution in [0.15, 0.2) is 0 Å². The van der Waals surface area contributed by atoms with E-state index in [1.54, 1.807) is 4.90 Å². The zero-order valence-electron chi connectivity index (χ0n) is 14.0. The normalized spacial score (nSPS) is 28.0. The van der Waals surface area contributed by atoms with Crippen molar-refractivity contribution in [1.82, 2.24) is 9.80 Å². The van der Waals surface area contributed by atoms with E-state index < -0.39 is 5.60 Å². The van der Waals surface area contributed by atoms with Gasteiger partial charge in [-0.2, -0.15) is 0 Å². The first-order valence-electron chi connectivity index (χ1n) is 7.96. The number of ether oxygens (including phenoxy) is 1. The van der Waals surface area contributed by atoms with Crippen LogP contribution in [0.1, 0.15) is 40.5 Å². The van der Waals surface area contributed by atoms with Gasteiger partial charge >= 0.3 is 6.09 Å². The lowest BCUT2D eigenvalue weighted by molar-refractivity contribution is -0.130. The number of carbonyl (C=O) groups is 2. The van der Waals surface area contributed by atoms with Crippen LogP contribution in [0.3, 0.4) is 0 Å². The minimum atomic E-state index is -0.473. The van der Waals surface area contributed by atoms with Gasteiger partial charge in [0.25, 0.3) is 0 Å². The van der Waals surface area contributed by atoms with Gasteiger partial charge in [-0.1, -0.05) is 6.92 Å². The Hall–Kier alpha value is -0.970. The molecule has 6 heteroatoms. The zero-order valence-corrected chi connectivity index (χ0v) is 14.8. The summed E-state index contributed by atoms with van der Waals surface area (Å²) < 4.78 is 5.45. The number of amides is 2. The van der Waals surface area contributed by atoms with E-state index in [1.165, 1.54) is 0 Å². The molecule has 2 atom stereocenters. The summed E-state index contributed by atoms with van der Waals surface area (Å²) >= 11 is 5.65. The van der Waals surface area contributed by atoms with Crippen molar-refractivity contribution in [3.05, 3.63) is 0 Å². The molecule has 0 bridgehead atoms. The van der Waals surface area contributed by atoms with Crippen LogP contribution in [0.25, 0.3) is 0 Å². The molecule has 0 aromatic heterocycles. The number of hydrogen-bond donors (Lipinski definition) is 0. The van der Waals surface area contributed by atoms with Gasteiger partial charge in [-0.25, -0.2) is 4.79 Å². The van der Waals surface area contributed by atoms with Crippen molar-refractivity contribution < 1.29 is 14.3 Å². The van der Waals surface area contributed by atoms with Crippen LogP contribution in [0, 0.1) is 11.3 Å². The Bertz CT molecular complexity index is 449. The molecule has 2 saturated heterocycles. The van der Waals surface area contributed by atoms with Gasteiger partial charge in [0.1, 0.15) is 5.60 Å². The average molecular weight is 331 g/mol. The molecular formula is C16H27ClN2O3. The zero-order chi connectivity index (χ0) is 16.5. The fraction of sp³-hybridized carbons (Fsp3) is 0.875. The molecular weight excluding hydrogens is 304 g/mol. The van der Waals surface area contributed by atoms with Gasteiger partial charge in [0.15, 0.2) is 0 Å². The van der Waals surface area contributed by atoms with Crippen LogP contribution in [0.5, 0.6) is 0 Å². The van der Waals surface area contributed by atoms with Gasteiger partial charge in [-0.15, -0.1) is 11.6 Å². The monoisotopic (exact) mass is 330 g/mol. The molecule has 0 saturated carbocycles. The van der Waals surface area contributed by atoms with Gasteiger partial charge in [-0.3, -0.25) is 4.79 Å². The van der Waals surface area contributed by atoms with E-state index in [1.807, 2.05) is 25.7 Å². The molecule has 0 unspecified atom stereocenters. The molecule has 2 aliphatic rings. The maximum absolute atomic E-state index is 12.2. The molecule has 0 aliphatic carbocycles. The smallest absolute Gasteiger partial charge is 0.410 e. The highest BCUT2D eigenvalue weighted by Gasteiger charge is 2.51. The molecule has 22 heavy (non-hydrogen) atoms. The van der Waals surface area contributed by atoms with Crippen molar-refractivity contribution in [3.8, 4) is 0 Å². The largest absolute Gasteiger partial charge is 0.444 e. The van der Waals surface area contributed by atoms with E-state index in [-0.39, 0.29) is 17.4 Å². The molecule has 0 radical (unpaired) electrons. The van der Waals surface area contributed by atoms with Crippen molar-refractivity contribution in [3.63, 3.8) is 0 Å². The topological polar surface area (TPSA) is 49.9 Å². The number of rotatable bonds is 3. The summed E-state index contributed by atoms with van der Waals surface area (Å²) in [7, 11) is 0. The van der Waals surface area contributed by atoms with Crippen LogP contribution >= 0.6 is 11.6 Å². The third-order valence-electron chi connectivity index (χ3n) is 4.50. The van der Waals surface area contributed by atoms with E-state index in [0.717, 1.165) is 19.5 Å². The summed E-state index contributed by atoms with van der Waals surface area (Å²) in [6, 6.07) is 0. The number of hydrogen-bond acceptors (Lipinski definition) is 3. The van der Waals surface area contributed by atoms with Crippen LogP contribution in [-0.4, -0.2) is 59.5 Å². The second kappa shape index (κ2) is 6.26. The predicted octanol–water partition coefficient (Wildman–Crippen LogP) is 2.72. The molecule has 2 fully saturated rings. The highest BCUT2D eigenvalue weighted by Crippen LogP contribution is 2.42. The van der Waals surface area contributed by atoms with Crippen molar-refractivity contribution in [2.24, 2.45) is 11.3 Å². The maximum Gasteiger partial charge on any atom is 0.410 e. The molecule has 2 heterocycles. The number of carbonyl (C=O) groups excluding carboxylic acids is 2. The van der Waals surface area contributed by atoms with E-state index in [2.05, 4.69) is 6.92 Å². The first kappa shape index (κ1) is 17.4. The standard InChI is InChI=1S/C16H27ClN2O3/c1-15(2,3)22-14(21)19-9-12-8-18(10-16(12,4)11-19)13(20)6-5-7-17/h12H,5-11H2,1-4H3/t12-,16+/m0/s1. The van der Waals surface area contributed by atoms with Crippen molar-refractivity contribution in [1.29, 1.82) is 0 Å². The number of fused-ring (bicyclic) bond motifs is 1. The minimum absolute atomic E-state index is 0.0203. The Morgan fingerprint density at radius 2 is 1.82 bits per heavy atom. The van der Waals surface area contributed by atoms with Crippen LogP contribution in [-0.2, 0) is 9.53 Å². The predicted molar refractivity (Wildman–Crippen MR) is 85.9 cm³/mol. The average Bonchev–Trinajstić information content (AvgIpc) is 2.85. The lowest BCUT2D eigenvalue weighted by Crippen LogP contribution is -2.40. The Morgan fingerprint density at radius 3 is 2.36 bits per heavy atom. The maximum atomic E-state index is 12.2. The van der Waals surface area contributed by atoms with Gasteiger partial charge in [0.2, 0.25) is 5.91 Å². The highest BCUT2D eigenvalue weighted by molar-refractivity contribution is 6.17. The summed E-state index contributed by atoms with van der Waals surface area (Å²) in [4.78, 5) is 28.1. The number of halogens is 1. The van der Waals surface area contributed by atoms with Crippen LogP contribution in [0.2, 0.25) is 0 Å². The highest BCUT2D eigenvalue weighted by atomic mass is 35.5. The molecule has 0 aromatic rings. The number of nitrogens with zero attached hydrogens (tertiary/aromatic N) is 2. The van der Waals surface area contributed by atoms with E-state index in [9.17, 15) is 9.59 Å². The van der Waals surface area contributed by atoms with Gasteiger partial charge < -0.3 is 14.5 Å². The molecule has 2 aliphatic heterocycles. The summed E-state index contributed by atoms with van der Waals surface area (Å²) in [5.41, 5.74) is -0.493. The Balaban J connectivity index is 1.92. The van der Waals surface area contributed by atoms with Gasteiger partial charge in [0, 0.05) is 49.8 Å². The molecule has 0 aromatic carbocycles. The Morgan fingerprint density at radius 1 is 1.23 bits per heavy atom. The second-order valence-corrected chi connectivity index (χ2v) is 8.16. The van der Waals surface area contributed by atoms with Crippen molar-refractivity contribution >= 4 is 23.6 Å². The summed E-state index contributed by atoms with van der Waals surface area (Å²) in [5, 5.41) is 0. The Kier molecular flexibility index (Phi) is 4.95. The third kappa shape index (κ3) is 3.86. The Labute approximate surface area is 137 Å². The molecule has 2 rings (SSSR count). The third-order valence-corrected chi connectivity index (χ3v) is 4.77. The second-order valence-electron chi connectivity index (χ2n) is 7.78. The van der Waals surface area contributed by atoms with E-state index in [4.69, 9.17) is 16.3 Å². The lowest BCUT2D eigenvalue weighted by atomic mass is 9.83. The van der Waals surface area contributed by atoms with Crippen molar-refractivity contribution in [2.75, 3.05) is 32.1 Å². The van der Waals surface area contributed by atoms with Crippen molar-refractivity contribution in [2.45, 2.75) is 46.1 Å². The quantitative estimate of drug-likeness (QED) is 0.748. The molecule has 5 nitrogen and oxygen atoms in total. The SMILES string of the molecule is CC(C)(C)OC(=O)N1C[C@@H]2CN(C(=O)CCCCl)C[C@]2(C)C1. The molecule has 0 N–H and O–H groups in total. The van der Waals surface area contributed by atoms with Crippen LogP contribution in [0.4, 0.5) is 4.79 Å². The van der Waals surface area contributed by atoms with Gasteiger partial charge in [0.05, 0.1) is 0 Å². The summed E-state index contributed by atoms with van der Waals surface area (Å²) in [6.07, 6.45) is 0.993. The fourth-order valence-electron chi connectivity index (χ4n) is 3.37. The fourth-order valence-corrected chi connectivity index (χ4v) is 3.51. The van der Waals surface area contributed by atoms with Gasteiger partial charge in [-0.05, 0) is 27.2 Å². The summed E-state index contributed by atoms with van der Waals surface area (Å²) in [5.74, 6) is 1.03. The first-order chi connectivity index (χ1) is 10.1. The minimum Gasteiger partial charge on any atom is -0.444 e. The first-order valence-corrected chi connectivity index (χ1v) is 8.50. The van der Waals surface area contributed by atoms with Crippen LogP contribution < -0.4 is 0 Å². The number of likely N-dealkylation sites (tertiary alicyclic amines) is 2. The molecule has 0 spiro atoms. The van der Waals surface area contributed by atoms with E-state index >= 15 is 0 Å². The number of alkyl halides is 1. The van der Waals surface area contributed by atoms with E-state index in [0.29, 0.717) is 31.3 Å². The molecule has 126 valence electrons.